The Balaban J connectivity index is 2.30. The highest BCUT2D eigenvalue weighted by Crippen LogP contribution is 2.29. The minimum atomic E-state index is -0.469. The Morgan fingerprint density at radius 3 is 2.40 bits per heavy atom. The molecule has 0 saturated carbocycles. The largest absolute Gasteiger partial charge is 0.497 e. The predicted octanol–water partition coefficient (Wildman–Crippen LogP) is 4.35. The van der Waals surface area contributed by atoms with Crippen LogP contribution in [0.4, 0.5) is 5.69 Å². The molecule has 2 rings (SSSR count). The summed E-state index contributed by atoms with van der Waals surface area (Å²) in [7, 11) is 2.98. The number of benzene rings is 2. The van der Waals surface area contributed by atoms with E-state index in [4.69, 9.17) is 14.2 Å². The highest BCUT2D eigenvalue weighted by molar-refractivity contribution is 5.72. The maximum absolute atomic E-state index is 11.1. The monoisotopic (exact) mass is 341 g/mol. The van der Waals surface area contributed by atoms with Gasteiger partial charge in [-0.2, -0.15) is 0 Å². The van der Waals surface area contributed by atoms with Gasteiger partial charge in [-0.3, -0.25) is 10.1 Å². The molecule has 6 nitrogen and oxygen atoms in total. The van der Waals surface area contributed by atoms with Gasteiger partial charge in [-0.25, -0.2) is 0 Å². The van der Waals surface area contributed by atoms with Crippen molar-refractivity contribution in [3.05, 3.63) is 70.3 Å². The first-order valence-electron chi connectivity index (χ1n) is 7.50. The van der Waals surface area contributed by atoms with Crippen LogP contribution in [0.3, 0.4) is 0 Å². The zero-order valence-corrected chi connectivity index (χ0v) is 14.1. The topological polar surface area (TPSA) is 70.8 Å². The summed E-state index contributed by atoms with van der Waals surface area (Å²) in [6, 6.07) is 10.2. The number of rotatable bonds is 8. The van der Waals surface area contributed by atoms with E-state index < -0.39 is 4.92 Å². The van der Waals surface area contributed by atoms with Crippen molar-refractivity contribution >= 4 is 17.8 Å². The summed E-state index contributed by atoms with van der Waals surface area (Å²) in [5.74, 6) is 1.53. The van der Waals surface area contributed by atoms with Crippen molar-refractivity contribution in [3.63, 3.8) is 0 Å². The minimum absolute atomic E-state index is 0.0784. The second-order valence-electron chi connectivity index (χ2n) is 5.06. The summed E-state index contributed by atoms with van der Waals surface area (Å²) in [4.78, 5) is 10.6. The van der Waals surface area contributed by atoms with Crippen LogP contribution in [0.1, 0.15) is 11.1 Å². The van der Waals surface area contributed by atoms with Crippen LogP contribution in [-0.4, -0.2) is 25.7 Å². The standard InChI is InChI=1S/C19H19NO5/c1-4-9-25-17-11-15(10-16(13-17)23-2)6-5-14-7-8-19(24-3)18(12-14)20(21)22/h4-8,10-13H,1,9H2,2-3H3/b6-5-. The van der Waals surface area contributed by atoms with E-state index in [1.807, 2.05) is 18.2 Å². The van der Waals surface area contributed by atoms with E-state index in [0.29, 0.717) is 23.7 Å². The molecule has 0 unspecified atom stereocenters. The number of nitro benzene ring substituents is 1. The Bertz CT molecular complexity index is 798. The summed E-state index contributed by atoms with van der Waals surface area (Å²) >= 11 is 0. The molecule has 0 aromatic heterocycles. The lowest BCUT2D eigenvalue weighted by Crippen LogP contribution is -1.94. The second kappa shape index (κ2) is 8.54. The summed E-state index contributed by atoms with van der Waals surface area (Å²) in [5.41, 5.74) is 1.45. The Morgan fingerprint density at radius 2 is 1.76 bits per heavy atom. The van der Waals surface area contributed by atoms with Gasteiger partial charge in [0.1, 0.15) is 18.1 Å². The Kier molecular flexibility index (Phi) is 6.17. The molecule has 0 fully saturated rings. The van der Waals surface area contributed by atoms with E-state index in [1.165, 1.54) is 13.2 Å². The second-order valence-corrected chi connectivity index (χ2v) is 5.06. The first-order valence-corrected chi connectivity index (χ1v) is 7.50. The molecule has 25 heavy (non-hydrogen) atoms. The first kappa shape index (κ1) is 18.1. The van der Waals surface area contributed by atoms with Gasteiger partial charge in [0, 0.05) is 12.1 Å². The van der Waals surface area contributed by atoms with E-state index >= 15 is 0 Å². The van der Waals surface area contributed by atoms with Crippen molar-refractivity contribution in [2.24, 2.45) is 0 Å². The van der Waals surface area contributed by atoms with Crippen molar-refractivity contribution in [3.8, 4) is 17.2 Å². The summed E-state index contributed by atoms with van der Waals surface area (Å²) in [6.07, 6.45) is 5.26. The van der Waals surface area contributed by atoms with Gasteiger partial charge >= 0.3 is 5.69 Å². The maximum atomic E-state index is 11.1. The molecule has 0 saturated heterocycles. The van der Waals surface area contributed by atoms with Gasteiger partial charge in [0.15, 0.2) is 5.75 Å². The first-order chi connectivity index (χ1) is 12.1. The molecule has 2 aromatic rings. The number of nitro groups is 1. The third-order valence-corrected chi connectivity index (χ3v) is 3.37. The summed E-state index contributed by atoms with van der Waals surface area (Å²) in [6.45, 7) is 4.01. The van der Waals surface area contributed by atoms with Crippen LogP contribution in [0.5, 0.6) is 17.2 Å². The van der Waals surface area contributed by atoms with Crippen LogP contribution in [0.25, 0.3) is 12.2 Å². The Morgan fingerprint density at radius 1 is 1.04 bits per heavy atom. The molecule has 6 heteroatoms. The zero-order valence-electron chi connectivity index (χ0n) is 14.1. The van der Waals surface area contributed by atoms with Crippen molar-refractivity contribution in [2.75, 3.05) is 20.8 Å². The van der Waals surface area contributed by atoms with Gasteiger partial charge in [0.2, 0.25) is 0 Å². The fourth-order valence-corrected chi connectivity index (χ4v) is 2.19. The molecular formula is C19H19NO5. The van der Waals surface area contributed by atoms with Crippen molar-refractivity contribution < 1.29 is 19.1 Å². The molecule has 0 aliphatic heterocycles. The third-order valence-electron chi connectivity index (χ3n) is 3.37. The van der Waals surface area contributed by atoms with E-state index in [-0.39, 0.29) is 11.4 Å². The molecule has 0 aliphatic carbocycles. The van der Waals surface area contributed by atoms with Gasteiger partial charge in [-0.1, -0.05) is 30.9 Å². The van der Waals surface area contributed by atoms with E-state index in [1.54, 1.807) is 37.5 Å². The van der Waals surface area contributed by atoms with Crippen molar-refractivity contribution in [1.82, 2.24) is 0 Å². The van der Waals surface area contributed by atoms with Crippen LogP contribution in [0.2, 0.25) is 0 Å². The molecule has 0 radical (unpaired) electrons. The molecule has 0 atom stereocenters. The molecule has 0 amide bonds. The Labute approximate surface area is 146 Å². The molecule has 0 N–H and O–H groups in total. The van der Waals surface area contributed by atoms with Crippen LogP contribution in [0.15, 0.2) is 49.1 Å². The van der Waals surface area contributed by atoms with E-state index in [9.17, 15) is 10.1 Å². The number of hydrogen-bond acceptors (Lipinski definition) is 5. The van der Waals surface area contributed by atoms with Gasteiger partial charge in [-0.05, 0) is 29.3 Å². The lowest BCUT2D eigenvalue weighted by Gasteiger charge is -2.08. The van der Waals surface area contributed by atoms with Crippen LogP contribution < -0.4 is 14.2 Å². The average Bonchev–Trinajstić information content (AvgIpc) is 2.64. The quantitative estimate of drug-likeness (QED) is 0.309. The maximum Gasteiger partial charge on any atom is 0.311 e. The van der Waals surface area contributed by atoms with Crippen LogP contribution in [0, 0.1) is 10.1 Å². The lowest BCUT2D eigenvalue weighted by atomic mass is 10.1. The highest BCUT2D eigenvalue weighted by Gasteiger charge is 2.14. The van der Waals surface area contributed by atoms with Crippen LogP contribution >= 0.6 is 0 Å². The SMILES string of the molecule is C=CCOc1cc(/C=C\c2ccc(OC)c([N+](=O)[O-])c2)cc(OC)c1. The molecule has 130 valence electrons. The molecule has 0 spiro atoms. The number of nitrogens with zero attached hydrogens (tertiary/aromatic N) is 1. The number of methoxy groups -OCH3 is 2. The summed E-state index contributed by atoms with van der Waals surface area (Å²) in [5, 5.41) is 11.1. The molecular weight excluding hydrogens is 322 g/mol. The van der Waals surface area contributed by atoms with Crippen LogP contribution in [-0.2, 0) is 0 Å². The number of ether oxygens (including phenoxy) is 3. The van der Waals surface area contributed by atoms with Gasteiger partial charge < -0.3 is 14.2 Å². The minimum Gasteiger partial charge on any atom is -0.497 e. The van der Waals surface area contributed by atoms with E-state index in [2.05, 4.69) is 6.58 Å². The molecule has 2 aromatic carbocycles. The third kappa shape index (κ3) is 4.84. The summed E-state index contributed by atoms with van der Waals surface area (Å²) < 4.78 is 15.8. The zero-order chi connectivity index (χ0) is 18.2. The van der Waals surface area contributed by atoms with Gasteiger partial charge in [-0.15, -0.1) is 0 Å². The average molecular weight is 341 g/mol. The van der Waals surface area contributed by atoms with Gasteiger partial charge in [0.05, 0.1) is 19.1 Å². The van der Waals surface area contributed by atoms with Crippen molar-refractivity contribution in [1.29, 1.82) is 0 Å². The normalized spacial score (nSPS) is 10.5. The molecule has 0 heterocycles. The predicted molar refractivity (Wildman–Crippen MR) is 97.3 cm³/mol. The molecule has 0 aliphatic rings. The number of hydrogen-bond donors (Lipinski definition) is 0. The smallest absolute Gasteiger partial charge is 0.311 e. The fraction of sp³-hybridized carbons (Fsp3) is 0.158. The van der Waals surface area contributed by atoms with E-state index in [0.717, 1.165) is 5.56 Å². The fourth-order valence-electron chi connectivity index (χ4n) is 2.19. The molecule has 0 bridgehead atoms. The Hall–Kier alpha value is -3.28. The van der Waals surface area contributed by atoms with Gasteiger partial charge in [0.25, 0.3) is 0 Å². The highest BCUT2D eigenvalue weighted by atomic mass is 16.6. The van der Waals surface area contributed by atoms with Crippen molar-refractivity contribution in [2.45, 2.75) is 0 Å². The lowest BCUT2D eigenvalue weighted by molar-refractivity contribution is -0.385.